The van der Waals surface area contributed by atoms with Gasteiger partial charge in [-0.2, -0.15) is 4.31 Å². The maximum Gasteiger partial charge on any atom is 0.243 e. The Morgan fingerprint density at radius 3 is 2.31 bits per heavy atom. The molecule has 0 bridgehead atoms. The first kappa shape index (κ1) is 20.1. The Balaban J connectivity index is 2.00. The standard InChI is InChI=1S/C19H23FN2O3S/c1-13-6-8-17(9-15(13)3)26(24,25)22(4)12-19(23)21-11-16-7-5-14(2)18(20)10-16/h5-10H,11-12H2,1-4H3,(H,21,23). The van der Waals surface area contributed by atoms with Crippen molar-refractivity contribution in [1.29, 1.82) is 0 Å². The molecule has 0 aliphatic rings. The van der Waals surface area contributed by atoms with Gasteiger partial charge in [-0.05, 0) is 61.2 Å². The van der Waals surface area contributed by atoms with Gasteiger partial charge in [0.25, 0.3) is 0 Å². The fourth-order valence-corrected chi connectivity index (χ4v) is 3.56. The molecule has 0 spiro atoms. The zero-order valence-corrected chi connectivity index (χ0v) is 16.2. The van der Waals surface area contributed by atoms with Gasteiger partial charge in [0.1, 0.15) is 5.82 Å². The monoisotopic (exact) mass is 378 g/mol. The van der Waals surface area contributed by atoms with Gasteiger partial charge in [-0.15, -0.1) is 0 Å². The molecule has 1 amide bonds. The van der Waals surface area contributed by atoms with E-state index in [9.17, 15) is 17.6 Å². The normalized spacial score (nSPS) is 11.6. The van der Waals surface area contributed by atoms with Crippen LogP contribution in [0.4, 0.5) is 4.39 Å². The van der Waals surface area contributed by atoms with Crippen molar-refractivity contribution in [1.82, 2.24) is 9.62 Å². The van der Waals surface area contributed by atoms with Gasteiger partial charge in [-0.3, -0.25) is 4.79 Å². The van der Waals surface area contributed by atoms with Gasteiger partial charge in [0, 0.05) is 13.6 Å². The summed E-state index contributed by atoms with van der Waals surface area (Å²) < 4.78 is 39.7. The highest BCUT2D eigenvalue weighted by Crippen LogP contribution is 2.18. The van der Waals surface area contributed by atoms with Crippen molar-refractivity contribution in [2.24, 2.45) is 0 Å². The first-order chi connectivity index (χ1) is 12.1. The number of hydrogen-bond donors (Lipinski definition) is 1. The lowest BCUT2D eigenvalue weighted by atomic mass is 10.1. The van der Waals surface area contributed by atoms with Crippen LogP contribution in [0.15, 0.2) is 41.3 Å². The molecule has 0 aliphatic heterocycles. The lowest BCUT2D eigenvalue weighted by molar-refractivity contribution is -0.121. The highest BCUT2D eigenvalue weighted by molar-refractivity contribution is 7.89. The molecule has 0 atom stereocenters. The first-order valence-corrected chi connectivity index (χ1v) is 9.60. The average molecular weight is 378 g/mol. The number of carbonyl (C=O) groups excluding carboxylic acids is 1. The number of amides is 1. The minimum atomic E-state index is -3.76. The molecule has 5 nitrogen and oxygen atoms in total. The predicted molar refractivity (Wildman–Crippen MR) is 98.7 cm³/mol. The number of sulfonamides is 1. The molecule has 0 saturated heterocycles. The van der Waals surface area contributed by atoms with Crippen LogP contribution in [0, 0.1) is 26.6 Å². The summed E-state index contributed by atoms with van der Waals surface area (Å²) in [6.45, 7) is 5.21. The molecule has 0 unspecified atom stereocenters. The number of likely N-dealkylation sites (N-methyl/N-ethyl adjacent to an activating group) is 1. The van der Waals surface area contributed by atoms with Gasteiger partial charge in [0.05, 0.1) is 11.4 Å². The molecule has 0 heterocycles. The van der Waals surface area contributed by atoms with Gasteiger partial charge in [-0.25, -0.2) is 12.8 Å². The third-order valence-electron chi connectivity index (χ3n) is 4.28. The number of rotatable bonds is 6. The Hall–Kier alpha value is -2.25. The third-order valence-corrected chi connectivity index (χ3v) is 6.08. The summed E-state index contributed by atoms with van der Waals surface area (Å²) in [7, 11) is -2.40. The van der Waals surface area contributed by atoms with Crippen LogP contribution in [0.1, 0.15) is 22.3 Å². The summed E-state index contributed by atoms with van der Waals surface area (Å²) in [6, 6.07) is 9.56. The zero-order valence-electron chi connectivity index (χ0n) is 15.3. The number of nitrogens with one attached hydrogen (secondary N) is 1. The van der Waals surface area contributed by atoms with E-state index in [2.05, 4.69) is 5.32 Å². The minimum absolute atomic E-state index is 0.133. The molecule has 140 valence electrons. The van der Waals surface area contributed by atoms with Gasteiger partial charge in [0.2, 0.25) is 15.9 Å². The van der Waals surface area contributed by atoms with Crippen molar-refractivity contribution in [3.63, 3.8) is 0 Å². The van der Waals surface area contributed by atoms with Gasteiger partial charge < -0.3 is 5.32 Å². The van der Waals surface area contributed by atoms with E-state index in [0.29, 0.717) is 11.1 Å². The molecule has 0 aliphatic carbocycles. The average Bonchev–Trinajstić information content (AvgIpc) is 2.58. The number of nitrogens with zero attached hydrogens (tertiary/aromatic N) is 1. The van der Waals surface area contributed by atoms with Crippen molar-refractivity contribution in [2.45, 2.75) is 32.2 Å². The van der Waals surface area contributed by atoms with Crippen LogP contribution < -0.4 is 5.32 Å². The van der Waals surface area contributed by atoms with Crippen LogP contribution in [0.25, 0.3) is 0 Å². The van der Waals surface area contributed by atoms with E-state index in [1.807, 2.05) is 13.8 Å². The minimum Gasteiger partial charge on any atom is -0.351 e. The molecule has 1 N–H and O–H groups in total. The highest BCUT2D eigenvalue weighted by atomic mass is 32.2. The second-order valence-corrected chi connectivity index (χ2v) is 8.41. The molecule has 0 saturated carbocycles. The molecular formula is C19H23FN2O3S. The number of hydrogen-bond acceptors (Lipinski definition) is 3. The number of benzene rings is 2. The van der Waals surface area contributed by atoms with Gasteiger partial charge in [0.15, 0.2) is 0 Å². The van der Waals surface area contributed by atoms with Crippen molar-refractivity contribution in [3.8, 4) is 0 Å². The second-order valence-electron chi connectivity index (χ2n) is 6.37. The van der Waals surface area contributed by atoms with E-state index >= 15 is 0 Å². The van der Waals surface area contributed by atoms with E-state index in [-0.39, 0.29) is 23.8 Å². The van der Waals surface area contributed by atoms with Crippen LogP contribution in [-0.2, 0) is 21.4 Å². The number of aryl methyl sites for hydroxylation is 3. The number of carbonyl (C=O) groups is 1. The topological polar surface area (TPSA) is 66.5 Å². The molecule has 2 aromatic carbocycles. The maximum absolute atomic E-state index is 13.5. The molecule has 2 rings (SSSR count). The third kappa shape index (κ3) is 4.68. The van der Waals surface area contributed by atoms with Gasteiger partial charge in [-0.1, -0.05) is 18.2 Å². The summed E-state index contributed by atoms with van der Waals surface area (Å²) in [5.41, 5.74) is 3.00. The second kappa shape index (κ2) is 7.97. The Bertz CT molecular complexity index is 926. The van der Waals surface area contributed by atoms with Crippen molar-refractivity contribution in [2.75, 3.05) is 13.6 Å². The Labute approximate surface area is 153 Å². The fraction of sp³-hybridized carbons (Fsp3) is 0.316. The van der Waals surface area contributed by atoms with E-state index in [1.165, 1.54) is 19.2 Å². The van der Waals surface area contributed by atoms with Crippen LogP contribution in [0.3, 0.4) is 0 Å². The van der Waals surface area contributed by atoms with E-state index in [0.717, 1.165) is 15.4 Å². The quantitative estimate of drug-likeness (QED) is 0.840. The summed E-state index contributed by atoms with van der Waals surface area (Å²) in [5, 5.41) is 2.61. The van der Waals surface area contributed by atoms with E-state index in [1.54, 1.807) is 31.2 Å². The highest BCUT2D eigenvalue weighted by Gasteiger charge is 2.23. The SMILES string of the molecule is Cc1ccc(S(=O)(=O)N(C)CC(=O)NCc2ccc(C)c(F)c2)cc1C. The summed E-state index contributed by atoms with van der Waals surface area (Å²) in [6.07, 6.45) is 0. The lowest BCUT2D eigenvalue weighted by Gasteiger charge is -2.17. The maximum atomic E-state index is 13.5. The van der Waals surface area contributed by atoms with E-state index < -0.39 is 15.9 Å². The Kier molecular flexibility index (Phi) is 6.15. The molecular weight excluding hydrogens is 355 g/mol. The van der Waals surface area contributed by atoms with Crippen molar-refractivity contribution >= 4 is 15.9 Å². The van der Waals surface area contributed by atoms with Crippen molar-refractivity contribution < 1.29 is 17.6 Å². The van der Waals surface area contributed by atoms with Crippen LogP contribution in [-0.4, -0.2) is 32.2 Å². The molecule has 2 aromatic rings. The van der Waals surface area contributed by atoms with E-state index in [4.69, 9.17) is 0 Å². The molecule has 26 heavy (non-hydrogen) atoms. The molecule has 0 fully saturated rings. The predicted octanol–water partition coefficient (Wildman–Crippen LogP) is 2.69. The Morgan fingerprint density at radius 1 is 1.04 bits per heavy atom. The Morgan fingerprint density at radius 2 is 1.69 bits per heavy atom. The first-order valence-electron chi connectivity index (χ1n) is 8.16. The summed E-state index contributed by atoms with van der Waals surface area (Å²) >= 11 is 0. The fourth-order valence-electron chi connectivity index (χ4n) is 2.34. The smallest absolute Gasteiger partial charge is 0.243 e. The summed E-state index contributed by atoms with van der Waals surface area (Å²) in [5.74, 6) is -0.799. The number of halogens is 1. The molecule has 0 aromatic heterocycles. The van der Waals surface area contributed by atoms with Gasteiger partial charge >= 0.3 is 0 Å². The lowest BCUT2D eigenvalue weighted by Crippen LogP contribution is -2.38. The molecule has 7 heteroatoms. The molecule has 0 radical (unpaired) electrons. The van der Waals surface area contributed by atoms with Crippen LogP contribution in [0.2, 0.25) is 0 Å². The van der Waals surface area contributed by atoms with Crippen LogP contribution in [0.5, 0.6) is 0 Å². The largest absolute Gasteiger partial charge is 0.351 e. The van der Waals surface area contributed by atoms with Crippen molar-refractivity contribution in [3.05, 3.63) is 64.5 Å². The van der Waals surface area contributed by atoms with Crippen LogP contribution >= 0.6 is 0 Å². The zero-order chi connectivity index (χ0) is 19.5. The summed E-state index contributed by atoms with van der Waals surface area (Å²) in [4.78, 5) is 12.2.